The van der Waals surface area contributed by atoms with Crippen molar-refractivity contribution in [2.75, 3.05) is 6.61 Å². The molecule has 0 aromatic carbocycles. The Kier molecular flexibility index (Phi) is 2.33. The van der Waals surface area contributed by atoms with Crippen molar-refractivity contribution in [2.45, 2.75) is 64.1 Å². The second kappa shape index (κ2) is 3.46. The molecule has 0 spiro atoms. The molecule has 0 aromatic heterocycles. The molecule has 1 heterocycles. The van der Waals surface area contributed by atoms with E-state index in [0.29, 0.717) is 17.6 Å². The molecule has 15 heavy (non-hydrogen) atoms. The fourth-order valence-electron chi connectivity index (χ4n) is 3.69. The van der Waals surface area contributed by atoms with Gasteiger partial charge < -0.3 is 10.1 Å². The van der Waals surface area contributed by atoms with Gasteiger partial charge in [0.25, 0.3) is 0 Å². The summed E-state index contributed by atoms with van der Waals surface area (Å²) in [6.45, 7) is 5.73. The average molecular weight is 209 g/mol. The van der Waals surface area contributed by atoms with E-state index in [4.69, 9.17) is 4.74 Å². The van der Waals surface area contributed by atoms with Gasteiger partial charge in [-0.3, -0.25) is 0 Å². The first kappa shape index (κ1) is 10.1. The summed E-state index contributed by atoms with van der Waals surface area (Å²) in [5.41, 5.74) is 0.362. The summed E-state index contributed by atoms with van der Waals surface area (Å²) < 4.78 is 5.92. The van der Waals surface area contributed by atoms with Crippen molar-refractivity contribution in [1.82, 2.24) is 5.32 Å². The molecular formula is C13H23NO. The molecule has 0 radical (unpaired) electrons. The molecule has 0 amide bonds. The molecule has 2 heteroatoms. The monoisotopic (exact) mass is 209 g/mol. The highest BCUT2D eigenvalue weighted by molar-refractivity contribution is 5.11. The van der Waals surface area contributed by atoms with Crippen LogP contribution < -0.4 is 5.32 Å². The van der Waals surface area contributed by atoms with Crippen LogP contribution in [0.2, 0.25) is 0 Å². The van der Waals surface area contributed by atoms with Crippen molar-refractivity contribution in [3.8, 4) is 0 Å². The fraction of sp³-hybridized carbons (Fsp3) is 1.00. The van der Waals surface area contributed by atoms with Gasteiger partial charge in [0.15, 0.2) is 0 Å². The topological polar surface area (TPSA) is 21.3 Å². The minimum atomic E-state index is 0.362. The van der Waals surface area contributed by atoms with Crippen molar-refractivity contribution in [3.05, 3.63) is 0 Å². The van der Waals surface area contributed by atoms with Crippen LogP contribution in [0.1, 0.15) is 46.0 Å². The molecule has 2 saturated carbocycles. The summed E-state index contributed by atoms with van der Waals surface area (Å²) in [5, 5.41) is 3.86. The van der Waals surface area contributed by atoms with Gasteiger partial charge in [0.1, 0.15) is 0 Å². The SMILES string of the molecule is CC1(C)C(NC2CCC2)C2CCCOC21. The minimum absolute atomic E-state index is 0.362. The summed E-state index contributed by atoms with van der Waals surface area (Å²) in [6.07, 6.45) is 7.38. The summed E-state index contributed by atoms with van der Waals surface area (Å²) in [5.74, 6) is 0.800. The van der Waals surface area contributed by atoms with E-state index in [1.165, 1.54) is 32.1 Å². The zero-order valence-corrected chi connectivity index (χ0v) is 9.96. The maximum Gasteiger partial charge on any atom is 0.0684 e. The summed E-state index contributed by atoms with van der Waals surface area (Å²) in [6, 6.07) is 1.53. The molecule has 3 unspecified atom stereocenters. The van der Waals surface area contributed by atoms with Gasteiger partial charge in [0, 0.05) is 30.0 Å². The maximum atomic E-state index is 5.92. The summed E-state index contributed by atoms with van der Waals surface area (Å²) >= 11 is 0. The molecule has 0 aromatic rings. The lowest BCUT2D eigenvalue weighted by atomic mass is 9.55. The van der Waals surface area contributed by atoms with Gasteiger partial charge in [0.05, 0.1) is 6.10 Å². The number of nitrogens with one attached hydrogen (secondary N) is 1. The van der Waals surface area contributed by atoms with Gasteiger partial charge in [0.2, 0.25) is 0 Å². The molecule has 2 nitrogen and oxygen atoms in total. The van der Waals surface area contributed by atoms with Crippen molar-refractivity contribution < 1.29 is 4.74 Å². The predicted molar refractivity (Wildman–Crippen MR) is 60.8 cm³/mol. The van der Waals surface area contributed by atoms with E-state index < -0.39 is 0 Å². The molecule has 3 rings (SSSR count). The Balaban J connectivity index is 1.65. The smallest absolute Gasteiger partial charge is 0.0684 e. The molecule has 86 valence electrons. The highest BCUT2D eigenvalue weighted by Crippen LogP contribution is 2.51. The van der Waals surface area contributed by atoms with Crippen LogP contribution in [-0.4, -0.2) is 24.8 Å². The molecule has 3 aliphatic rings. The first-order valence-corrected chi connectivity index (χ1v) is 6.57. The van der Waals surface area contributed by atoms with Crippen LogP contribution in [-0.2, 0) is 4.74 Å². The first-order valence-electron chi connectivity index (χ1n) is 6.57. The third-order valence-corrected chi connectivity index (χ3v) is 4.85. The molecule has 1 N–H and O–H groups in total. The Morgan fingerprint density at radius 3 is 2.60 bits per heavy atom. The van der Waals surface area contributed by atoms with Gasteiger partial charge >= 0.3 is 0 Å². The lowest BCUT2D eigenvalue weighted by molar-refractivity contribution is -0.195. The predicted octanol–water partition coefficient (Wildman–Crippen LogP) is 2.33. The van der Waals surface area contributed by atoms with Gasteiger partial charge in [-0.25, -0.2) is 0 Å². The van der Waals surface area contributed by atoms with E-state index in [9.17, 15) is 0 Å². The van der Waals surface area contributed by atoms with Crippen LogP contribution in [0, 0.1) is 11.3 Å². The van der Waals surface area contributed by atoms with Crippen molar-refractivity contribution in [1.29, 1.82) is 0 Å². The lowest BCUT2D eigenvalue weighted by Gasteiger charge is -2.61. The zero-order valence-electron chi connectivity index (χ0n) is 9.96. The molecule has 3 atom stereocenters. The Morgan fingerprint density at radius 1 is 1.13 bits per heavy atom. The quantitative estimate of drug-likeness (QED) is 0.753. The highest BCUT2D eigenvalue weighted by atomic mass is 16.5. The Morgan fingerprint density at radius 2 is 1.93 bits per heavy atom. The summed E-state index contributed by atoms with van der Waals surface area (Å²) in [7, 11) is 0. The fourth-order valence-corrected chi connectivity index (χ4v) is 3.69. The van der Waals surface area contributed by atoms with Gasteiger partial charge in [-0.2, -0.15) is 0 Å². The lowest BCUT2D eigenvalue weighted by Crippen LogP contribution is -2.71. The van der Waals surface area contributed by atoms with E-state index in [-0.39, 0.29) is 0 Å². The third kappa shape index (κ3) is 1.45. The Hall–Kier alpha value is -0.0800. The number of hydrogen-bond acceptors (Lipinski definition) is 2. The van der Waals surface area contributed by atoms with Crippen molar-refractivity contribution in [2.24, 2.45) is 11.3 Å². The van der Waals surface area contributed by atoms with Crippen LogP contribution in [0.3, 0.4) is 0 Å². The standard InChI is InChI=1S/C13H23NO/c1-13(2)11(14-9-5-3-6-9)10-7-4-8-15-12(10)13/h9-12,14H,3-8H2,1-2H3. The van der Waals surface area contributed by atoms with E-state index >= 15 is 0 Å². The van der Waals surface area contributed by atoms with Crippen molar-refractivity contribution in [3.63, 3.8) is 0 Å². The van der Waals surface area contributed by atoms with E-state index in [0.717, 1.165) is 18.6 Å². The molecule has 3 fully saturated rings. The van der Waals surface area contributed by atoms with E-state index in [1.807, 2.05) is 0 Å². The average Bonchev–Trinajstić information content (AvgIpc) is 2.15. The van der Waals surface area contributed by atoms with Crippen molar-refractivity contribution >= 4 is 0 Å². The van der Waals surface area contributed by atoms with Crippen LogP contribution in [0.5, 0.6) is 0 Å². The molecule has 0 bridgehead atoms. The van der Waals surface area contributed by atoms with E-state index in [2.05, 4.69) is 19.2 Å². The van der Waals surface area contributed by atoms with Crippen LogP contribution >= 0.6 is 0 Å². The summed E-state index contributed by atoms with van der Waals surface area (Å²) in [4.78, 5) is 0. The van der Waals surface area contributed by atoms with Gasteiger partial charge in [-0.05, 0) is 25.7 Å². The number of fused-ring (bicyclic) bond motifs is 1. The van der Waals surface area contributed by atoms with Crippen LogP contribution in [0.4, 0.5) is 0 Å². The van der Waals surface area contributed by atoms with Crippen LogP contribution in [0.15, 0.2) is 0 Å². The Bertz CT molecular complexity index is 247. The Labute approximate surface area is 92.8 Å². The first-order chi connectivity index (χ1) is 7.19. The molecular weight excluding hydrogens is 186 g/mol. The zero-order chi connectivity index (χ0) is 10.5. The number of rotatable bonds is 2. The van der Waals surface area contributed by atoms with Gasteiger partial charge in [-0.15, -0.1) is 0 Å². The molecule has 1 saturated heterocycles. The second-order valence-electron chi connectivity index (χ2n) is 6.19. The third-order valence-electron chi connectivity index (χ3n) is 4.85. The largest absolute Gasteiger partial charge is 0.377 e. The van der Waals surface area contributed by atoms with Crippen LogP contribution in [0.25, 0.3) is 0 Å². The second-order valence-corrected chi connectivity index (χ2v) is 6.19. The molecule has 1 aliphatic heterocycles. The number of hydrogen-bond donors (Lipinski definition) is 1. The molecule has 2 aliphatic carbocycles. The normalized spacial score (nSPS) is 44.0. The minimum Gasteiger partial charge on any atom is -0.377 e. The highest BCUT2D eigenvalue weighted by Gasteiger charge is 2.58. The number of ether oxygens (including phenoxy) is 1. The maximum absolute atomic E-state index is 5.92. The van der Waals surface area contributed by atoms with Gasteiger partial charge in [-0.1, -0.05) is 20.3 Å². The van der Waals surface area contributed by atoms with E-state index in [1.54, 1.807) is 0 Å².